The number of hydrogen-bond acceptors (Lipinski definition) is 3. The third-order valence-electron chi connectivity index (χ3n) is 5.05. The first kappa shape index (κ1) is 22.8. The molecule has 0 aliphatic rings. The van der Waals surface area contributed by atoms with Crippen LogP contribution in [-0.2, 0) is 13.6 Å². The first-order valence-corrected chi connectivity index (χ1v) is 9.16. The minimum atomic E-state index is -2.87. The Labute approximate surface area is 148 Å². The zero-order chi connectivity index (χ0) is 19.2. The van der Waals surface area contributed by atoms with Gasteiger partial charge in [-0.1, -0.05) is 24.0 Å². The van der Waals surface area contributed by atoms with Crippen LogP contribution in [0.25, 0.3) is 0 Å². The van der Waals surface area contributed by atoms with Crippen LogP contribution in [0.1, 0.15) is 54.4 Å². The van der Waals surface area contributed by atoms with E-state index < -0.39 is 30.3 Å². The molecule has 0 amide bonds. The third-order valence-corrected chi connectivity index (χ3v) is 6.29. The lowest BCUT2D eigenvalue weighted by Gasteiger charge is -2.43. The van der Waals surface area contributed by atoms with E-state index >= 15 is 0 Å². The average molecular weight is 350 g/mol. The Hall–Kier alpha value is -1.25. The Bertz CT molecular complexity index is 527. The molecule has 0 rings (SSSR count). The third kappa shape index (κ3) is 4.87. The van der Waals surface area contributed by atoms with Gasteiger partial charge in [-0.3, -0.25) is 4.57 Å². The van der Waals surface area contributed by atoms with E-state index in [1.807, 2.05) is 41.5 Å². The van der Waals surface area contributed by atoms with Crippen LogP contribution < -0.4 is 0 Å². The SMILES string of the molecule is C#CC(C)(C)C(C)(CC=C)O[PH](=O)OC(C)(CC=C)C(C)(C)C#C. The molecule has 3 nitrogen and oxygen atoms in total. The van der Waals surface area contributed by atoms with Gasteiger partial charge in [0.1, 0.15) is 0 Å². The van der Waals surface area contributed by atoms with E-state index in [1.54, 1.807) is 12.2 Å². The topological polar surface area (TPSA) is 35.5 Å². The summed E-state index contributed by atoms with van der Waals surface area (Å²) in [6.07, 6.45) is 15.5. The van der Waals surface area contributed by atoms with Gasteiger partial charge in [0.05, 0.1) is 22.0 Å². The fraction of sp³-hybridized carbons (Fsp3) is 0.600. The Morgan fingerprint density at radius 3 is 1.38 bits per heavy atom. The normalized spacial score (nSPS) is 18.3. The summed E-state index contributed by atoms with van der Waals surface area (Å²) in [5.41, 5.74) is -3.04. The smallest absolute Gasteiger partial charge is 0.302 e. The highest BCUT2D eigenvalue weighted by Crippen LogP contribution is 2.49. The molecule has 0 bridgehead atoms. The van der Waals surface area contributed by atoms with Crippen molar-refractivity contribution in [3.05, 3.63) is 25.3 Å². The van der Waals surface area contributed by atoms with Crippen molar-refractivity contribution in [3.63, 3.8) is 0 Å². The highest BCUT2D eigenvalue weighted by molar-refractivity contribution is 7.33. The van der Waals surface area contributed by atoms with Gasteiger partial charge in [-0.05, 0) is 54.4 Å². The molecule has 0 aromatic rings. The molecule has 0 aliphatic carbocycles. The molecule has 0 spiro atoms. The molecule has 0 fully saturated rings. The molecule has 2 unspecified atom stereocenters. The first-order chi connectivity index (χ1) is 10.8. The van der Waals surface area contributed by atoms with Gasteiger partial charge < -0.3 is 9.05 Å². The molecule has 2 atom stereocenters. The lowest BCUT2D eigenvalue weighted by Crippen LogP contribution is -2.44. The van der Waals surface area contributed by atoms with Crippen LogP contribution in [0.2, 0.25) is 0 Å². The van der Waals surface area contributed by atoms with Crippen LogP contribution in [0, 0.1) is 35.5 Å². The van der Waals surface area contributed by atoms with E-state index in [2.05, 4.69) is 25.0 Å². The van der Waals surface area contributed by atoms with Gasteiger partial charge in [0.2, 0.25) is 0 Å². The molecule has 0 N–H and O–H groups in total. The summed E-state index contributed by atoms with van der Waals surface area (Å²) in [7, 11) is -2.87. The second kappa shape index (κ2) is 8.22. The van der Waals surface area contributed by atoms with Crippen LogP contribution in [0.15, 0.2) is 25.3 Å². The molecule has 4 heteroatoms. The van der Waals surface area contributed by atoms with Gasteiger partial charge in [0.25, 0.3) is 0 Å². The standard InChI is InChI=1S/C20H31O3P/c1-11-15-19(9,17(5,6)13-3)22-24(21)23-20(10,16-12-2)18(7,8)14-4/h3-4,11-12,24H,1-2,15-16H2,5-10H3. The highest BCUT2D eigenvalue weighted by Gasteiger charge is 2.45. The van der Waals surface area contributed by atoms with Crippen LogP contribution >= 0.6 is 8.25 Å². The monoisotopic (exact) mass is 350 g/mol. The molecular formula is C20H31O3P. The van der Waals surface area contributed by atoms with Crippen molar-refractivity contribution in [2.45, 2.75) is 65.6 Å². The molecule has 0 aromatic carbocycles. The maximum absolute atomic E-state index is 12.7. The lowest BCUT2D eigenvalue weighted by molar-refractivity contribution is -0.0406. The van der Waals surface area contributed by atoms with Gasteiger partial charge in [0, 0.05) is 0 Å². The van der Waals surface area contributed by atoms with Gasteiger partial charge >= 0.3 is 8.25 Å². The summed E-state index contributed by atoms with van der Waals surface area (Å²) >= 11 is 0. The number of rotatable bonds is 10. The highest BCUT2D eigenvalue weighted by atomic mass is 31.1. The molecular weight excluding hydrogens is 319 g/mol. The summed E-state index contributed by atoms with van der Waals surface area (Å²) in [6, 6.07) is 0. The summed E-state index contributed by atoms with van der Waals surface area (Å²) in [6.45, 7) is 18.6. The van der Waals surface area contributed by atoms with Crippen molar-refractivity contribution in [2.24, 2.45) is 10.8 Å². The largest absolute Gasteiger partial charge is 0.320 e. The van der Waals surface area contributed by atoms with Crippen molar-refractivity contribution in [1.29, 1.82) is 0 Å². The van der Waals surface area contributed by atoms with Crippen molar-refractivity contribution in [2.75, 3.05) is 0 Å². The number of hydrogen-bond donors (Lipinski definition) is 0. The van der Waals surface area contributed by atoms with Gasteiger partial charge in [0.15, 0.2) is 0 Å². The van der Waals surface area contributed by atoms with E-state index in [4.69, 9.17) is 21.9 Å². The van der Waals surface area contributed by atoms with Crippen molar-refractivity contribution >= 4 is 8.25 Å². The molecule has 0 heterocycles. The van der Waals surface area contributed by atoms with Crippen LogP contribution in [0.5, 0.6) is 0 Å². The van der Waals surface area contributed by atoms with Gasteiger partial charge in [-0.15, -0.1) is 26.0 Å². The minimum absolute atomic E-state index is 0.445. The van der Waals surface area contributed by atoms with E-state index in [9.17, 15) is 4.57 Å². The lowest BCUT2D eigenvalue weighted by atomic mass is 9.75. The molecule has 24 heavy (non-hydrogen) atoms. The average Bonchev–Trinajstić information content (AvgIpc) is 2.46. The first-order valence-electron chi connectivity index (χ1n) is 7.94. The van der Waals surface area contributed by atoms with Gasteiger partial charge in [-0.25, -0.2) is 0 Å². The van der Waals surface area contributed by atoms with Crippen molar-refractivity contribution in [3.8, 4) is 24.7 Å². The van der Waals surface area contributed by atoms with Crippen LogP contribution in [0.4, 0.5) is 0 Å². The molecule has 0 radical (unpaired) electrons. The predicted molar refractivity (Wildman–Crippen MR) is 103 cm³/mol. The Morgan fingerprint density at radius 2 is 1.17 bits per heavy atom. The second-order valence-corrected chi connectivity index (χ2v) is 8.35. The van der Waals surface area contributed by atoms with Crippen molar-refractivity contribution < 1.29 is 13.6 Å². The summed E-state index contributed by atoms with van der Waals surface area (Å²) in [5, 5.41) is 0. The molecule has 0 aliphatic heterocycles. The maximum Gasteiger partial charge on any atom is 0.320 e. The molecule has 0 saturated heterocycles. The van der Waals surface area contributed by atoms with E-state index in [1.165, 1.54) is 0 Å². The quantitative estimate of drug-likeness (QED) is 0.301. The van der Waals surface area contributed by atoms with Crippen molar-refractivity contribution in [1.82, 2.24) is 0 Å². The van der Waals surface area contributed by atoms with Crippen LogP contribution in [-0.4, -0.2) is 11.2 Å². The predicted octanol–water partition coefficient (Wildman–Crippen LogP) is 5.40. The van der Waals surface area contributed by atoms with E-state index in [-0.39, 0.29) is 0 Å². The number of terminal acetylenes is 2. The molecule has 0 aromatic heterocycles. The Morgan fingerprint density at radius 1 is 0.875 bits per heavy atom. The zero-order valence-corrected chi connectivity index (χ0v) is 16.9. The van der Waals surface area contributed by atoms with Gasteiger partial charge in [-0.2, -0.15) is 0 Å². The fourth-order valence-electron chi connectivity index (χ4n) is 2.09. The second-order valence-electron chi connectivity index (χ2n) is 7.44. The maximum atomic E-state index is 12.7. The Balaban J connectivity index is 5.56. The van der Waals surface area contributed by atoms with E-state index in [0.29, 0.717) is 12.8 Å². The van der Waals surface area contributed by atoms with E-state index in [0.717, 1.165) is 0 Å². The summed E-state index contributed by atoms with van der Waals surface area (Å²) in [5.74, 6) is 5.40. The molecule has 134 valence electrons. The van der Waals surface area contributed by atoms with Crippen LogP contribution in [0.3, 0.4) is 0 Å². The zero-order valence-electron chi connectivity index (χ0n) is 15.9. The fourth-order valence-corrected chi connectivity index (χ4v) is 3.55. The summed E-state index contributed by atoms with van der Waals surface area (Å²) in [4.78, 5) is 0. The Kier molecular flexibility index (Phi) is 7.79. The summed E-state index contributed by atoms with van der Waals surface area (Å²) < 4.78 is 24.3. The minimum Gasteiger partial charge on any atom is -0.302 e. The molecule has 0 saturated carbocycles.